The predicted molar refractivity (Wildman–Crippen MR) is 79.1 cm³/mol. The van der Waals surface area contributed by atoms with Gasteiger partial charge in [0, 0.05) is 19.6 Å². The van der Waals surface area contributed by atoms with Gasteiger partial charge < -0.3 is 10.6 Å². The molecule has 0 bridgehead atoms. The van der Waals surface area contributed by atoms with Crippen LogP contribution in [0.5, 0.6) is 0 Å². The number of anilines is 1. The molecule has 106 valence electrons. The summed E-state index contributed by atoms with van der Waals surface area (Å²) < 4.78 is 1.51. The monoisotopic (exact) mass is 272 g/mol. The largest absolute Gasteiger partial charge is 0.383 e. The second kappa shape index (κ2) is 5.77. The van der Waals surface area contributed by atoms with E-state index in [9.17, 15) is 4.79 Å². The van der Waals surface area contributed by atoms with Crippen LogP contribution in [0, 0.1) is 0 Å². The van der Waals surface area contributed by atoms with Gasteiger partial charge in [-0.05, 0) is 19.4 Å². The van der Waals surface area contributed by atoms with Crippen LogP contribution in [-0.4, -0.2) is 26.6 Å². The molecule has 0 radical (unpaired) electrons. The van der Waals surface area contributed by atoms with Gasteiger partial charge in [-0.3, -0.25) is 9.48 Å². The van der Waals surface area contributed by atoms with Gasteiger partial charge in [0.05, 0.1) is 6.20 Å². The van der Waals surface area contributed by atoms with Crippen molar-refractivity contribution >= 4 is 11.7 Å². The zero-order valence-corrected chi connectivity index (χ0v) is 12.1. The quantitative estimate of drug-likeness (QED) is 0.926. The second-order valence-corrected chi connectivity index (χ2v) is 5.08. The summed E-state index contributed by atoms with van der Waals surface area (Å²) in [5.74, 6) is 0.308. The zero-order valence-electron chi connectivity index (χ0n) is 12.1. The van der Waals surface area contributed by atoms with Crippen LogP contribution in [0.3, 0.4) is 0 Å². The molecule has 5 heteroatoms. The molecule has 1 heterocycles. The van der Waals surface area contributed by atoms with Crippen molar-refractivity contribution in [2.45, 2.75) is 26.4 Å². The summed E-state index contributed by atoms with van der Waals surface area (Å²) in [5.41, 5.74) is 7.44. The fourth-order valence-corrected chi connectivity index (χ4v) is 2.04. The van der Waals surface area contributed by atoms with Crippen molar-refractivity contribution in [1.82, 2.24) is 14.7 Å². The number of rotatable bonds is 4. The van der Waals surface area contributed by atoms with Crippen LogP contribution < -0.4 is 5.73 Å². The molecule has 1 aromatic heterocycles. The summed E-state index contributed by atoms with van der Waals surface area (Å²) in [6.45, 7) is 4.55. The van der Waals surface area contributed by atoms with Gasteiger partial charge in [-0.15, -0.1) is 0 Å². The Kier molecular flexibility index (Phi) is 4.08. The molecule has 2 rings (SSSR count). The van der Waals surface area contributed by atoms with E-state index in [1.165, 1.54) is 10.9 Å². The topological polar surface area (TPSA) is 64.2 Å². The number of carbonyl (C=O) groups excluding carboxylic acids is 1. The Balaban J connectivity index is 2.25. The summed E-state index contributed by atoms with van der Waals surface area (Å²) in [6.07, 6.45) is 1.53. The molecule has 2 N–H and O–H groups in total. The Labute approximate surface area is 119 Å². The number of nitrogens with zero attached hydrogens (tertiary/aromatic N) is 3. The lowest BCUT2D eigenvalue weighted by Crippen LogP contribution is -2.36. The molecule has 0 aliphatic rings. The molecule has 0 atom stereocenters. The molecule has 0 spiro atoms. The SMILES string of the molecule is CC(C)N(Cc1ccccc1)C(=O)c1cnn(C)c1N. The average Bonchev–Trinajstić information content (AvgIpc) is 2.76. The highest BCUT2D eigenvalue weighted by atomic mass is 16.2. The lowest BCUT2D eigenvalue weighted by Gasteiger charge is -2.26. The molecule has 0 saturated heterocycles. The fourth-order valence-electron chi connectivity index (χ4n) is 2.04. The molecule has 0 aliphatic carbocycles. The third kappa shape index (κ3) is 2.82. The first-order chi connectivity index (χ1) is 9.50. The standard InChI is InChI=1S/C15H20N4O/c1-11(2)19(10-12-7-5-4-6-8-12)15(20)13-9-17-18(3)14(13)16/h4-9,11H,10,16H2,1-3H3. The van der Waals surface area contributed by atoms with Crippen molar-refractivity contribution in [3.8, 4) is 0 Å². The Bertz CT molecular complexity index is 589. The van der Waals surface area contributed by atoms with E-state index in [4.69, 9.17) is 5.73 Å². The number of amides is 1. The molecular formula is C15H20N4O. The van der Waals surface area contributed by atoms with E-state index in [1.807, 2.05) is 44.2 Å². The molecule has 0 fully saturated rings. The fraction of sp³-hybridized carbons (Fsp3) is 0.333. The Hall–Kier alpha value is -2.30. The molecule has 20 heavy (non-hydrogen) atoms. The number of hydrogen-bond acceptors (Lipinski definition) is 3. The van der Waals surface area contributed by atoms with Gasteiger partial charge >= 0.3 is 0 Å². The van der Waals surface area contributed by atoms with E-state index in [1.54, 1.807) is 11.9 Å². The number of benzene rings is 1. The summed E-state index contributed by atoms with van der Waals surface area (Å²) in [4.78, 5) is 14.4. The highest BCUT2D eigenvalue weighted by Crippen LogP contribution is 2.17. The van der Waals surface area contributed by atoms with E-state index in [0.29, 0.717) is 17.9 Å². The van der Waals surface area contributed by atoms with Gasteiger partial charge in [-0.2, -0.15) is 5.10 Å². The Morgan fingerprint density at radius 3 is 2.50 bits per heavy atom. The van der Waals surface area contributed by atoms with Crippen LogP contribution in [0.15, 0.2) is 36.5 Å². The maximum atomic E-state index is 12.6. The molecule has 0 unspecified atom stereocenters. The maximum Gasteiger partial charge on any atom is 0.259 e. The summed E-state index contributed by atoms with van der Waals surface area (Å²) >= 11 is 0. The molecule has 0 aliphatic heterocycles. The van der Waals surface area contributed by atoms with Gasteiger partial charge in [0.15, 0.2) is 0 Å². The number of nitrogen functional groups attached to an aromatic ring is 1. The minimum atomic E-state index is -0.0885. The van der Waals surface area contributed by atoms with E-state index in [0.717, 1.165) is 5.56 Å². The minimum absolute atomic E-state index is 0.0855. The molecule has 2 aromatic rings. The molecule has 5 nitrogen and oxygen atoms in total. The number of nitrogens with two attached hydrogens (primary N) is 1. The number of aromatic nitrogens is 2. The average molecular weight is 272 g/mol. The highest BCUT2D eigenvalue weighted by molar-refractivity contribution is 5.98. The van der Waals surface area contributed by atoms with E-state index >= 15 is 0 Å². The van der Waals surface area contributed by atoms with Crippen molar-refractivity contribution in [2.75, 3.05) is 5.73 Å². The maximum absolute atomic E-state index is 12.6. The van der Waals surface area contributed by atoms with Crippen LogP contribution in [0.2, 0.25) is 0 Å². The first kappa shape index (κ1) is 14.1. The third-order valence-corrected chi connectivity index (χ3v) is 3.29. The van der Waals surface area contributed by atoms with Crippen molar-refractivity contribution in [1.29, 1.82) is 0 Å². The van der Waals surface area contributed by atoms with Crippen molar-refractivity contribution in [3.05, 3.63) is 47.7 Å². The van der Waals surface area contributed by atoms with E-state index in [2.05, 4.69) is 5.10 Å². The molecule has 1 aromatic carbocycles. The van der Waals surface area contributed by atoms with Gasteiger partial charge in [0.25, 0.3) is 5.91 Å². The van der Waals surface area contributed by atoms with Crippen molar-refractivity contribution in [3.63, 3.8) is 0 Å². The Morgan fingerprint density at radius 2 is 2.00 bits per heavy atom. The number of carbonyl (C=O) groups is 1. The number of aryl methyl sites for hydroxylation is 1. The summed E-state index contributed by atoms with van der Waals surface area (Å²) in [7, 11) is 1.73. The van der Waals surface area contributed by atoms with Crippen LogP contribution in [0.25, 0.3) is 0 Å². The summed E-state index contributed by atoms with van der Waals surface area (Å²) in [6, 6.07) is 10.0. The van der Waals surface area contributed by atoms with Gasteiger partial charge in [-0.1, -0.05) is 30.3 Å². The predicted octanol–water partition coefficient (Wildman–Crippen LogP) is 2.05. The van der Waals surface area contributed by atoms with Gasteiger partial charge in [0.1, 0.15) is 11.4 Å². The molecular weight excluding hydrogens is 252 g/mol. The molecule has 1 amide bonds. The second-order valence-electron chi connectivity index (χ2n) is 5.08. The van der Waals surface area contributed by atoms with Crippen LogP contribution in [0.1, 0.15) is 29.8 Å². The van der Waals surface area contributed by atoms with Crippen molar-refractivity contribution < 1.29 is 4.79 Å². The Morgan fingerprint density at radius 1 is 1.35 bits per heavy atom. The van der Waals surface area contributed by atoms with Crippen LogP contribution in [0.4, 0.5) is 5.82 Å². The summed E-state index contributed by atoms with van der Waals surface area (Å²) in [5, 5.41) is 4.03. The van der Waals surface area contributed by atoms with Gasteiger partial charge in [-0.25, -0.2) is 0 Å². The third-order valence-electron chi connectivity index (χ3n) is 3.29. The minimum Gasteiger partial charge on any atom is -0.383 e. The van der Waals surface area contributed by atoms with Crippen LogP contribution >= 0.6 is 0 Å². The van der Waals surface area contributed by atoms with E-state index in [-0.39, 0.29) is 11.9 Å². The van der Waals surface area contributed by atoms with E-state index < -0.39 is 0 Å². The lowest BCUT2D eigenvalue weighted by atomic mass is 10.1. The van der Waals surface area contributed by atoms with Crippen LogP contribution in [-0.2, 0) is 13.6 Å². The van der Waals surface area contributed by atoms with Gasteiger partial charge in [0.2, 0.25) is 0 Å². The first-order valence-electron chi connectivity index (χ1n) is 6.63. The lowest BCUT2D eigenvalue weighted by molar-refractivity contribution is 0.0691. The highest BCUT2D eigenvalue weighted by Gasteiger charge is 2.23. The van der Waals surface area contributed by atoms with Crippen molar-refractivity contribution in [2.24, 2.45) is 7.05 Å². The number of hydrogen-bond donors (Lipinski definition) is 1. The smallest absolute Gasteiger partial charge is 0.259 e. The first-order valence-corrected chi connectivity index (χ1v) is 6.63. The zero-order chi connectivity index (χ0) is 14.7. The normalized spacial score (nSPS) is 10.8. The molecule has 0 saturated carbocycles.